The lowest BCUT2D eigenvalue weighted by Gasteiger charge is -2.25. The summed E-state index contributed by atoms with van der Waals surface area (Å²) in [7, 11) is 0. The molecule has 0 aliphatic carbocycles. The smallest absolute Gasteiger partial charge is 0.227 e. The van der Waals surface area contributed by atoms with Crippen molar-refractivity contribution in [2.45, 2.75) is 19.3 Å². The van der Waals surface area contributed by atoms with E-state index < -0.39 is 5.91 Å². The highest BCUT2D eigenvalue weighted by molar-refractivity contribution is 8.03. The van der Waals surface area contributed by atoms with Crippen molar-refractivity contribution in [1.82, 2.24) is 5.32 Å². The van der Waals surface area contributed by atoms with Crippen LogP contribution < -0.4 is 15.8 Å². The van der Waals surface area contributed by atoms with E-state index >= 15 is 0 Å². The van der Waals surface area contributed by atoms with Crippen LogP contribution in [0.5, 0.6) is 5.75 Å². The van der Waals surface area contributed by atoms with Gasteiger partial charge in [-0.15, -0.1) is 0 Å². The van der Waals surface area contributed by atoms with Crippen molar-refractivity contribution in [3.05, 3.63) is 40.4 Å². The van der Waals surface area contributed by atoms with E-state index in [4.69, 9.17) is 10.5 Å². The van der Waals surface area contributed by atoms with E-state index in [0.29, 0.717) is 17.2 Å². The van der Waals surface area contributed by atoms with Crippen molar-refractivity contribution in [3.8, 4) is 11.8 Å². The Labute approximate surface area is 138 Å². The summed E-state index contributed by atoms with van der Waals surface area (Å²) >= 11 is 1.08. The number of hydrogen-bond donors (Lipinski definition) is 2. The Morgan fingerprint density at radius 3 is 2.74 bits per heavy atom. The molecule has 1 aromatic rings. The Kier molecular flexibility index (Phi) is 5.66. The third-order valence-electron chi connectivity index (χ3n) is 3.31. The van der Waals surface area contributed by atoms with Gasteiger partial charge < -0.3 is 15.8 Å². The number of rotatable bonds is 6. The summed E-state index contributed by atoms with van der Waals surface area (Å²) in [6.45, 7) is 2.47. The molecule has 6 nitrogen and oxygen atoms in total. The molecule has 0 saturated heterocycles. The molecule has 0 radical (unpaired) electrons. The normalized spacial score (nSPS) is 17.4. The highest BCUT2D eigenvalue weighted by atomic mass is 32.2. The molecule has 120 valence electrons. The minimum absolute atomic E-state index is 0.0107. The number of ether oxygens (including phenoxy) is 1. The second-order valence-corrected chi connectivity index (χ2v) is 5.90. The van der Waals surface area contributed by atoms with Crippen molar-refractivity contribution in [3.63, 3.8) is 0 Å². The van der Waals surface area contributed by atoms with Crippen LogP contribution in [0, 0.1) is 11.3 Å². The van der Waals surface area contributed by atoms with Gasteiger partial charge in [-0.3, -0.25) is 9.59 Å². The summed E-state index contributed by atoms with van der Waals surface area (Å²) in [6, 6.07) is 9.48. The standard InChI is InChI=1S/C16H17N3O3S/c1-2-22-11-5-3-10(4-6-11)12-7-15(21)19-16(13(12)8-17)23-9-14(18)20/h3-6,12H,2,7,9H2,1H3,(H2,18,20)(H,19,21)/t12-/m1/s1. The number of carbonyl (C=O) groups excluding carboxylic acids is 2. The van der Waals surface area contributed by atoms with E-state index in [-0.39, 0.29) is 24.0 Å². The molecule has 1 atom stereocenters. The van der Waals surface area contributed by atoms with E-state index in [0.717, 1.165) is 23.1 Å². The number of primary amides is 1. The van der Waals surface area contributed by atoms with E-state index in [1.165, 1.54) is 0 Å². The fraction of sp³-hybridized carbons (Fsp3) is 0.312. The van der Waals surface area contributed by atoms with Gasteiger partial charge in [0.1, 0.15) is 5.75 Å². The van der Waals surface area contributed by atoms with Gasteiger partial charge in [0.15, 0.2) is 0 Å². The molecule has 0 saturated carbocycles. The predicted molar refractivity (Wildman–Crippen MR) is 87.4 cm³/mol. The molecule has 7 heteroatoms. The second kappa shape index (κ2) is 7.70. The molecule has 0 aromatic heterocycles. The molecule has 3 N–H and O–H groups in total. The highest BCUT2D eigenvalue weighted by Crippen LogP contribution is 2.36. The van der Waals surface area contributed by atoms with Gasteiger partial charge in [-0.2, -0.15) is 5.26 Å². The zero-order chi connectivity index (χ0) is 16.8. The average molecular weight is 331 g/mol. The van der Waals surface area contributed by atoms with Gasteiger partial charge in [0, 0.05) is 12.3 Å². The number of nitriles is 1. The average Bonchev–Trinajstić information content (AvgIpc) is 2.53. The molecule has 23 heavy (non-hydrogen) atoms. The van der Waals surface area contributed by atoms with E-state index in [9.17, 15) is 14.9 Å². The van der Waals surface area contributed by atoms with Crippen molar-refractivity contribution in [2.24, 2.45) is 5.73 Å². The van der Waals surface area contributed by atoms with Gasteiger partial charge in [0.05, 0.1) is 29.0 Å². The number of amides is 2. The number of benzene rings is 1. The Morgan fingerprint density at radius 1 is 1.48 bits per heavy atom. The number of carbonyl (C=O) groups is 2. The van der Waals surface area contributed by atoms with Gasteiger partial charge >= 0.3 is 0 Å². The fourth-order valence-electron chi connectivity index (χ4n) is 2.32. The van der Waals surface area contributed by atoms with Gasteiger partial charge in [0.25, 0.3) is 0 Å². The summed E-state index contributed by atoms with van der Waals surface area (Å²) in [6.07, 6.45) is 0.192. The quantitative estimate of drug-likeness (QED) is 0.824. The molecule has 1 aliphatic heterocycles. The maximum Gasteiger partial charge on any atom is 0.227 e. The molecule has 2 rings (SSSR count). The van der Waals surface area contributed by atoms with Crippen LogP contribution in [-0.2, 0) is 9.59 Å². The van der Waals surface area contributed by atoms with Crippen molar-refractivity contribution >= 4 is 23.6 Å². The fourth-order valence-corrected chi connectivity index (χ4v) is 3.14. The number of thioether (sulfide) groups is 1. The Bertz CT molecular complexity index is 677. The number of nitrogens with zero attached hydrogens (tertiary/aromatic N) is 1. The lowest BCUT2D eigenvalue weighted by Crippen LogP contribution is -2.31. The van der Waals surface area contributed by atoms with Gasteiger partial charge in [-0.05, 0) is 24.6 Å². The summed E-state index contributed by atoms with van der Waals surface area (Å²) in [5, 5.41) is 12.5. The molecule has 1 aromatic carbocycles. The maximum atomic E-state index is 11.9. The van der Waals surface area contributed by atoms with E-state index in [1.54, 1.807) is 0 Å². The number of nitrogens with one attached hydrogen (secondary N) is 1. The van der Waals surface area contributed by atoms with Crippen molar-refractivity contribution in [2.75, 3.05) is 12.4 Å². The minimum atomic E-state index is -0.503. The largest absolute Gasteiger partial charge is 0.494 e. The van der Waals surface area contributed by atoms with Crippen LogP contribution in [-0.4, -0.2) is 24.2 Å². The van der Waals surface area contributed by atoms with E-state index in [2.05, 4.69) is 11.4 Å². The SMILES string of the molecule is CCOc1ccc([C@H]2CC(=O)NC(SCC(N)=O)=C2C#N)cc1. The summed E-state index contributed by atoms with van der Waals surface area (Å²) in [4.78, 5) is 22.9. The Morgan fingerprint density at radius 2 is 2.17 bits per heavy atom. The third-order valence-corrected chi connectivity index (χ3v) is 4.35. The molecule has 2 amide bonds. The zero-order valence-corrected chi connectivity index (χ0v) is 13.5. The third kappa shape index (κ3) is 4.27. The first-order chi connectivity index (χ1) is 11.0. The summed E-state index contributed by atoms with van der Waals surface area (Å²) < 4.78 is 5.40. The number of nitrogens with two attached hydrogens (primary N) is 1. The first-order valence-corrected chi connectivity index (χ1v) is 8.11. The molecule has 1 heterocycles. The number of allylic oxidation sites excluding steroid dienone is 1. The Hall–Kier alpha value is -2.46. The molecule has 0 fully saturated rings. The molecule has 0 spiro atoms. The van der Waals surface area contributed by atoms with Crippen molar-refractivity contribution in [1.29, 1.82) is 5.26 Å². The van der Waals surface area contributed by atoms with Crippen LogP contribution in [0.4, 0.5) is 0 Å². The van der Waals surface area contributed by atoms with Crippen LogP contribution in [0.1, 0.15) is 24.8 Å². The molecule has 1 aliphatic rings. The zero-order valence-electron chi connectivity index (χ0n) is 12.7. The van der Waals surface area contributed by atoms with Crippen molar-refractivity contribution < 1.29 is 14.3 Å². The van der Waals surface area contributed by atoms with Crippen LogP contribution in [0.3, 0.4) is 0 Å². The van der Waals surface area contributed by atoms with Crippen LogP contribution in [0.2, 0.25) is 0 Å². The lowest BCUT2D eigenvalue weighted by molar-refractivity contribution is -0.121. The Balaban J connectivity index is 2.31. The predicted octanol–water partition coefficient (Wildman–Crippen LogP) is 1.64. The van der Waals surface area contributed by atoms with Gasteiger partial charge in [-0.1, -0.05) is 23.9 Å². The van der Waals surface area contributed by atoms with Crippen LogP contribution in [0.15, 0.2) is 34.9 Å². The maximum absolute atomic E-state index is 11.9. The molecule has 0 bridgehead atoms. The van der Waals surface area contributed by atoms with E-state index in [1.807, 2.05) is 31.2 Å². The number of hydrogen-bond acceptors (Lipinski definition) is 5. The molecular weight excluding hydrogens is 314 g/mol. The van der Waals surface area contributed by atoms with Crippen LogP contribution in [0.25, 0.3) is 0 Å². The summed E-state index contributed by atoms with van der Waals surface area (Å²) in [5.74, 6) is -0.272. The minimum Gasteiger partial charge on any atom is -0.494 e. The monoisotopic (exact) mass is 331 g/mol. The first-order valence-electron chi connectivity index (χ1n) is 7.13. The second-order valence-electron chi connectivity index (χ2n) is 4.92. The lowest BCUT2D eigenvalue weighted by atomic mass is 9.87. The highest BCUT2D eigenvalue weighted by Gasteiger charge is 2.29. The first kappa shape index (κ1) is 16.9. The van der Waals surface area contributed by atoms with Crippen LogP contribution >= 0.6 is 11.8 Å². The molecular formula is C16H17N3O3S. The molecule has 0 unspecified atom stereocenters. The summed E-state index contributed by atoms with van der Waals surface area (Å²) in [5.41, 5.74) is 6.43. The topological polar surface area (TPSA) is 105 Å². The van der Waals surface area contributed by atoms with Gasteiger partial charge in [0.2, 0.25) is 11.8 Å². The van der Waals surface area contributed by atoms with Gasteiger partial charge in [-0.25, -0.2) is 0 Å².